The highest BCUT2D eigenvalue weighted by Gasteiger charge is 2.26. The fourth-order valence-corrected chi connectivity index (χ4v) is 4.66. The van der Waals surface area contributed by atoms with E-state index in [1.807, 2.05) is 0 Å². The first-order valence-electron chi connectivity index (χ1n) is 10.3. The lowest BCUT2D eigenvalue weighted by atomic mass is 9.84. The number of nitrogens with zero attached hydrogens (tertiary/aromatic N) is 2. The van der Waals surface area contributed by atoms with Crippen LogP contribution in [0.4, 0.5) is 0 Å². The number of benzene rings is 2. The summed E-state index contributed by atoms with van der Waals surface area (Å²) in [7, 11) is 0. The largest absolute Gasteiger partial charge is 0.347 e. The molecule has 0 bridgehead atoms. The summed E-state index contributed by atoms with van der Waals surface area (Å²) in [6, 6.07) is 28.4. The van der Waals surface area contributed by atoms with Gasteiger partial charge in [-0.1, -0.05) is 60.7 Å². The van der Waals surface area contributed by atoms with E-state index in [0.717, 1.165) is 13.1 Å². The molecular weight excluding hydrogens is 340 g/mol. The maximum absolute atomic E-state index is 2.46. The molecule has 0 aliphatic heterocycles. The van der Waals surface area contributed by atoms with Gasteiger partial charge in [0.2, 0.25) is 0 Å². The Hall–Kier alpha value is -3.00. The lowest BCUT2D eigenvalue weighted by molar-refractivity contribution is 0.556. The van der Waals surface area contributed by atoms with Gasteiger partial charge in [0.15, 0.2) is 0 Å². The second-order valence-corrected chi connectivity index (χ2v) is 7.82. The first-order valence-corrected chi connectivity index (χ1v) is 10.3. The van der Waals surface area contributed by atoms with Crippen molar-refractivity contribution in [1.29, 1.82) is 0 Å². The van der Waals surface area contributed by atoms with Crippen LogP contribution in [0.2, 0.25) is 0 Å². The Morgan fingerprint density at radius 3 is 2.07 bits per heavy atom. The van der Waals surface area contributed by atoms with Crippen LogP contribution in [0.5, 0.6) is 0 Å². The van der Waals surface area contributed by atoms with Gasteiger partial charge < -0.3 is 9.13 Å². The van der Waals surface area contributed by atoms with Gasteiger partial charge in [-0.3, -0.25) is 0 Å². The quantitative estimate of drug-likeness (QED) is 0.419. The molecule has 1 unspecified atom stereocenters. The Morgan fingerprint density at radius 2 is 1.36 bits per heavy atom. The van der Waals surface area contributed by atoms with Gasteiger partial charge in [-0.2, -0.15) is 0 Å². The van der Waals surface area contributed by atoms with Crippen molar-refractivity contribution in [3.8, 4) is 0 Å². The molecule has 2 aromatic carbocycles. The maximum atomic E-state index is 2.46. The molecule has 4 aromatic rings. The summed E-state index contributed by atoms with van der Waals surface area (Å²) >= 11 is 0. The molecule has 0 N–H and O–H groups in total. The van der Waals surface area contributed by atoms with E-state index in [1.165, 1.54) is 47.3 Å². The second-order valence-electron chi connectivity index (χ2n) is 7.82. The van der Waals surface area contributed by atoms with Gasteiger partial charge in [0.05, 0.1) is 0 Å². The summed E-state index contributed by atoms with van der Waals surface area (Å²) in [6.45, 7) is 1.91. The number of fused-ring (bicyclic) bond motifs is 1. The van der Waals surface area contributed by atoms with Gasteiger partial charge in [-0.15, -0.1) is 0 Å². The molecule has 1 aliphatic carbocycles. The number of hydrogen-bond donors (Lipinski definition) is 0. The van der Waals surface area contributed by atoms with Crippen molar-refractivity contribution in [2.45, 2.75) is 38.3 Å². The molecule has 0 spiro atoms. The van der Waals surface area contributed by atoms with Crippen LogP contribution in [0.25, 0.3) is 0 Å². The van der Waals surface area contributed by atoms with Crippen LogP contribution in [0.15, 0.2) is 91.3 Å². The third kappa shape index (κ3) is 3.31. The number of rotatable bonds is 5. The molecule has 5 rings (SSSR count). The Morgan fingerprint density at radius 1 is 0.679 bits per heavy atom. The van der Waals surface area contributed by atoms with Crippen molar-refractivity contribution in [2.24, 2.45) is 0 Å². The summed E-state index contributed by atoms with van der Waals surface area (Å²) in [5, 5.41) is 0. The molecule has 0 saturated heterocycles. The standard InChI is InChI=1S/C26H26N2/c1-3-9-21(10-4-1)19-27-17-8-15-26(27)23-13-7-14-25-24(23)16-18-28(25)20-22-11-5-2-6-12-22/h1-6,8-12,15-18,23H,7,13-14,19-20H2. The second kappa shape index (κ2) is 7.55. The molecule has 140 valence electrons. The van der Waals surface area contributed by atoms with Gasteiger partial charge in [0, 0.05) is 42.8 Å². The minimum absolute atomic E-state index is 0.500. The molecule has 2 heteroatoms. The minimum Gasteiger partial charge on any atom is -0.347 e. The van der Waals surface area contributed by atoms with Crippen LogP contribution in [0, 0.1) is 0 Å². The highest BCUT2D eigenvalue weighted by Crippen LogP contribution is 2.38. The Kier molecular flexibility index (Phi) is 4.62. The average Bonchev–Trinajstić information content (AvgIpc) is 3.37. The van der Waals surface area contributed by atoms with E-state index < -0.39 is 0 Å². The van der Waals surface area contributed by atoms with Crippen molar-refractivity contribution in [2.75, 3.05) is 0 Å². The SMILES string of the molecule is c1ccc(Cn2cccc2C2CCCc3c2ccn3Cc2ccccc2)cc1. The fraction of sp³-hybridized carbons (Fsp3) is 0.231. The van der Waals surface area contributed by atoms with Crippen LogP contribution in [0.1, 0.15) is 46.8 Å². The van der Waals surface area contributed by atoms with Crippen molar-refractivity contribution in [3.63, 3.8) is 0 Å². The Labute approximate surface area is 167 Å². The fourth-order valence-electron chi connectivity index (χ4n) is 4.66. The monoisotopic (exact) mass is 366 g/mol. The first-order chi connectivity index (χ1) is 13.9. The zero-order valence-electron chi connectivity index (χ0n) is 16.2. The van der Waals surface area contributed by atoms with Crippen molar-refractivity contribution in [3.05, 3.63) is 119 Å². The molecular formula is C26H26N2. The van der Waals surface area contributed by atoms with Crippen molar-refractivity contribution < 1.29 is 0 Å². The van der Waals surface area contributed by atoms with Crippen LogP contribution < -0.4 is 0 Å². The molecule has 0 amide bonds. The van der Waals surface area contributed by atoms with Gasteiger partial charge in [-0.05, 0) is 54.2 Å². The van der Waals surface area contributed by atoms with Gasteiger partial charge in [-0.25, -0.2) is 0 Å². The third-order valence-corrected chi connectivity index (χ3v) is 6.01. The minimum atomic E-state index is 0.500. The molecule has 1 atom stereocenters. The normalized spacial score (nSPS) is 16.1. The average molecular weight is 367 g/mol. The highest BCUT2D eigenvalue weighted by atomic mass is 15.0. The number of aromatic nitrogens is 2. The Balaban J connectivity index is 1.44. The van der Waals surface area contributed by atoms with Crippen LogP contribution in [-0.4, -0.2) is 9.13 Å². The van der Waals surface area contributed by atoms with E-state index in [1.54, 1.807) is 0 Å². The topological polar surface area (TPSA) is 9.86 Å². The molecule has 0 saturated carbocycles. The zero-order valence-corrected chi connectivity index (χ0v) is 16.2. The maximum Gasteiger partial charge on any atom is 0.0473 e. The van der Waals surface area contributed by atoms with E-state index >= 15 is 0 Å². The smallest absolute Gasteiger partial charge is 0.0473 e. The molecule has 2 heterocycles. The number of hydrogen-bond acceptors (Lipinski definition) is 0. The van der Waals surface area contributed by atoms with E-state index in [4.69, 9.17) is 0 Å². The van der Waals surface area contributed by atoms with E-state index in [0.29, 0.717) is 5.92 Å². The third-order valence-electron chi connectivity index (χ3n) is 6.01. The molecule has 2 aromatic heterocycles. The summed E-state index contributed by atoms with van der Waals surface area (Å²) in [5.41, 5.74) is 7.22. The summed E-state index contributed by atoms with van der Waals surface area (Å²) in [5.74, 6) is 0.500. The van der Waals surface area contributed by atoms with Gasteiger partial charge in [0.1, 0.15) is 0 Å². The van der Waals surface area contributed by atoms with Crippen molar-refractivity contribution in [1.82, 2.24) is 9.13 Å². The Bertz CT molecular complexity index is 1040. The van der Waals surface area contributed by atoms with Crippen molar-refractivity contribution >= 4 is 0 Å². The van der Waals surface area contributed by atoms with Gasteiger partial charge in [0.25, 0.3) is 0 Å². The summed E-state index contributed by atoms with van der Waals surface area (Å²) < 4.78 is 4.89. The van der Waals surface area contributed by atoms with Crippen LogP contribution in [-0.2, 0) is 19.5 Å². The first kappa shape index (κ1) is 17.1. The summed E-state index contributed by atoms with van der Waals surface area (Å²) in [4.78, 5) is 0. The molecule has 28 heavy (non-hydrogen) atoms. The van der Waals surface area contributed by atoms with E-state index in [9.17, 15) is 0 Å². The molecule has 0 fully saturated rings. The van der Waals surface area contributed by atoms with Crippen LogP contribution in [0.3, 0.4) is 0 Å². The lowest BCUT2D eigenvalue weighted by Crippen LogP contribution is -2.16. The molecule has 1 aliphatic rings. The van der Waals surface area contributed by atoms with Crippen LogP contribution >= 0.6 is 0 Å². The molecule has 0 radical (unpaired) electrons. The van der Waals surface area contributed by atoms with E-state index in [2.05, 4.69) is 100 Å². The predicted octanol–water partition coefficient (Wildman–Crippen LogP) is 5.85. The van der Waals surface area contributed by atoms with E-state index in [-0.39, 0.29) is 0 Å². The zero-order chi connectivity index (χ0) is 18.8. The molecule has 2 nitrogen and oxygen atoms in total. The van der Waals surface area contributed by atoms with Gasteiger partial charge >= 0.3 is 0 Å². The predicted molar refractivity (Wildman–Crippen MR) is 115 cm³/mol. The highest BCUT2D eigenvalue weighted by molar-refractivity contribution is 5.37. The summed E-state index contributed by atoms with van der Waals surface area (Å²) in [6.07, 6.45) is 8.21. The lowest BCUT2D eigenvalue weighted by Gasteiger charge is -2.26.